The molecule has 0 atom stereocenters. The van der Waals surface area contributed by atoms with Crippen molar-refractivity contribution in [2.45, 2.75) is 0 Å². The van der Waals surface area contributed by atoms with Gasteiger partial charge in [-0.1, -0.05) is 340 Å². The summed E-state index contributed by atoms with van der Waals surface area (Å²) in [7, 11) is 0. The van der Waals surface area contributed by atoms with Crippen LogP contribution in [0.1, 0.15) is 0 Å². The zero-order valence-electron chi connectivity index (χ0n) is 69.3. The number of thiophene rings is 1. The molecule has 9 nitrogen and oxygen atoms in total. The van der Waals surface area contributed by atoms with Crippen LogP contribution >= 0.6 is 11.3 Å². The first-order valence-electron chi connectivity index (χ1n) is 43.6. The molecule has 7 aromatic heterocycles. The zero-order valence-corrected chi connectivity index (χ0v) is 70.2. The molecule has 0 fully saturated rings. The van der Waals surface area contributed by atoms with Crippen LogP contribution in [-0.2, 0) is 0 Å². The molecule has 0 saturated carbocycles. The third-order valence-electron chi connectivity index (χ3n) is 25.8. The normalized spacial score (nSPS) is 11.9. The first-order chi connectivity index (χ1) is 64.0. The number of benzene rings is 20. The van der Waals surface area contributed by atoms with Crippen molar-refractivity contribution in [1.82, 2.24) is 34.1 Å². The van der Waals surface area contributed by atoms with E-state index in [0.29, 0.717) is 23.3 Å². The summed E-state index contributed by atoms with van der Waals surface area (Å²) < 4.78 is 21.2. The zero-order chi connectivity index (χ0) is 84.7. The minimum Gasteiger partial charge on any atom is -0.455 e. The van der Waals surface area contributed by atoms with Crippen LogP contribution in [-0.4, -0.2) is 34.1 Å². The van der Waals surface area contributed by atoms with Gasteiger partial charge in [0, 0.05) is 81.2 Å². The summed E-state index contributed by atoms with van der Waals surface area (Å²) in [6.07, 6.45) is 0. The van der Waals surface area contributed by atoms with Gasteiger partial charge in [0.1, 0.15) is 22.3 Å². The molecule has 0 spiro atoms. The third kappa shape index (κ3) is 12.1. The van der Waals surface area contributed by atoms with Gasteiger partial charge in [-0.3, -0.25) is 0 Å². The fourth-order valence-electron chi connectivity index (χ4n) is 19.9. The van der Waals surface area contributed by atoms with Gasteiger partial charge >= 0.3 is 0 Å². The van der Waals surface area contributed by atoms with Crippen molar-refractivity contribution in [2.24, 2.45) is 0 Å². The lowest BCUT2D eigenvalue weighted by Crippen LogP contribution is -2.00. The lowest BCUT2D eigenvalue weighted by atomic mass is 9.94. The molecule has 0 radical (unpaired) electrons. The summed E-state index contributed by atoms with van der Waals surface area (Å²) in [5.41, 5.74) is 25.8. The van der Waals surface area contributed by atoms with Crippen LogP contribution in [0.25, 0.3) is 264 Å². The summed E-state index contributed by atoms with van der Waals surface area (Å²) in [4.78, 5) is 26.1. The number of aromatic nitrogens is 7. The second-order valence-electron chi connectivity index (χ2n) is 33.2. The number of nitrogens with zero attached hydrogens (tertiary/aromatic N) is 7. The molecule has 0 aliphatic carbocycles. The van der Waals surface area contributed by atoms with E-state index in [9.17, 15) is 0 Å². The minimum absolute atomic E-state index is 0.555. The molecule has 0 aliphatic heterocycles. The van der Waals surface area contributed by atoms with Crippen molar-refractivity contribution in [3.8, 4) is 113 Å². The topological polar surface area (TPSA) is 101 Å². The molecule has 0 unspecified atom stereocenters. The van der Waals surface area contributed by atoms with Crippen molar-refractivity contribution in [1.29, 1.82) is 0 Å². The average Bonchev–Trinajstić information content (AvgIpc) is 1.54. The summed E-state index contributed by atoms with van der Waals surface area (Å²) in [6.45, 7) is 0. The lowest BCUT2D eigenvalue weighted by molar-refractivity contribution is 0.669. The molecule has 27 rings (SSSR count). The first kappa shape index (κ1) is 73.5. The highest BCUT2D eigenvalue weighted by Crippen LogP contribution is 2.51. The number of rotatable bonds is 11. The molecule has 0 saturated heterocycles. The highest BCUT2D eigenvalue weighted by atomic mass is 32.1. The second kappa shape index (κ2) is 29.9. The molecule has 0 N–H and O–H groups in total. The second-order valence-corrected chi connectivity index (χ2v) is 34.2. The minimum atomic E-state index is 0.555. The highest BCUT2D eigenvalue weighted by molar-refractivity contribution is 7.26. The highest BCUT2D eigenvalue weighted by Gasteiger charge is 2.28. The van der Waals surface area contributed by atoms with Crippen LogP contribution in [0.3, 0.4) is 0 Å². The van der Waals surface area contributed by atoms with Crippen LogP contribution in [0.4, 0.5) is 0 Å². The van der Waals surface area contributed by atoms with E-state index in [-0.39, 0.29) is 0 Å². The van der Waals surface area contributed by atoms with E-state index in [0.717, 1.165) is 148 Å². The molecule has 27 aromatic rings. The Morgan fingerprint density at radius 1 is 0.209 bits per heavy atom. The predicted octanol–water partition coefficient (Wildman–Crippen LogP) is 32.3. The molecular formula is C119H71N7O2S. The van der Waals surface area contributed by atoms with Gasteiger partial charge in [-0.2, -0.15) is 0 Å². The van der Waals surface area contributed by atoms with Gasteiger partial charge in [-0.25, -0.2) is 24.9 Å². The Kier molecular flexibility index (Phi) is 17.0. The number of furan rings is 2. The van der Waals surface area contributed by atoms with Crippen LogP contribution in [0, 0.1) is 0 Å². The number of hydrogen-bond acceptors (Lipinski definition) is 8. The lowest BCUT2D eigenvalue weighted by Gasteiger charge is -2.12. The Morgan fingerprint density at radius 3 is 1.02 bits per heavy atom. The maximum absolute atomic E-state index is 7.03. The van der Waals surface area contributed by atoms with Crippen molar-refractivity contribution >= 4 is 162 Å². The molecule has 20 aromatic carbocycles. The summed E-state index contributed by atoms with van der Waals surface area (Å²) in [5, 5.41) is 19.5. The van der Waals surface area contributed by atoms with Gasteiger partial charge in [-0.05, 0) is 179 Å². The molecule has 0 amide bonds. The van der Waals surface area contributed by atoms with Gasteiger partial charge in [0.15, 0.2) is 23.3 Å². The molecule has 10 heteroatoms. The Morgan fingerprint density at radius 2 is 0.574 bits per heavy atom. The Bertz CT molecular complexity index is 9170. The molecule has 0 aliphatic rings. The van der Waals surface area contributed by atoms with Crippen molar-refractivity contribution in [2.75, 3.05) is 0 Å². The van der Waals surface area contributed by atoms with Gasteiger partial charge in [0.05, 0.1) is 49.1 Å². The maximum atomic E-state index is 7.03. The van der Waals surface area contributed by atoms with Crippen LogP contribution < -0.4 is 0 Å². The standard InChI is InChI=1S/C60H35N3OS.C59H36N4O/c1-4-16-36(17-5-1)39-28-30-50-47(32-39)54-44-25-13-12-24-43(44)46(37-18-6-2-7-19-37)35-51(54)63(50)41-29-31-52-48(34-41)55-42-23-11-10-22-40(42)33-49(58(55)64-52)60-61-56(38-20-8-3-9-21-38)59-57(62-60)45-26-14-15-27-53(45)65-59;1-5-17-37(18-6-1)41-29-31-51-48(33-41)54-46-28-16-15-27-45(46)47(38-19-7-2-8-20-38)36-52(54)63(51)43-30-32-53-49(35-43)55-44-26-14-13-25-42(44)34-50(56(55)64-53)59-61-57(39-21-9-3-10-22-39)60-58(62-59)40-23-11-4-12-24-40/h1-35H;1-36H. The first-order valence-corrected chi connectivity index (χ1v) is 44.4. The van der Waals surface area contributed by atoms with Crippen molar-refractivity contribution in [3.63, 3.8) is 0 Å². The monoisotopic (exact) mass is 1660 g/mol. The van der Waals surface area contributed by atoms with Crippen molar-refractivity contribution < 1.29 is 8.83 Å². The number of hydrogen-bond donors (Lipinski definition) is 0. The molecule has 0 bridgehead atoms. The quantitative estimate of drug-likeness (QED) is 0.127. The van der Waals surface area contributed by atoms with Crippen LogP contribution in [0.5, 0.6) is 0 Å². The Hall–Kier alpha value is -17.1. The smallest absolute Gasteiger partial charge is 0.167 e. The van der Waals surface area contributed by atoms with E-state index >= 15 is 0 Å². The van der Waals surface area contributed by atoms with Gasteiger partial charge in [0.25, 0.3) is 0 Å². The van der Waals surface area contributed by atoms with E-state index in [1.807, 2.05) is 60.7 Å². The average molecular weight is 1660 g/mol. The SMILES string of the molecule is c1ccc(-c2ccc3c(c2)c2c4ccccc4c(-c4ccccc4)cc2n3-c2ccc3oc4c(-c5nc(-c6ccccc6)c6sc7ccccc7c6n5)cc5ccccc5c4c3c2)cc1.c1ccc(-c2ccc3c(c2)c2c4ccccc4c(-c4ccccc4)cc2n3-c2ccc3oc4c(-c5nc(-c6ccccc6)nc(-c6ccccc6)n5)cc5ccccc5c4c3c2)cc1. The summed E-state index contributed by atoms with van der Waals surface area (Å²) >= 11 is 1.75. The Labute approximate surface area is 743 Å². The van der Waals surface area contributed by atoms with E-state index < -0.39 is 0 Å². The largest absolute Gasteiger partial charge is 0.455 e. The summed E-state index contributed by atoms with van der Waals surface area (Å²) in [5.74, 6) is 2.41. The van der Waals surface area contributed by atoms with Gasteiger partial charge in [0.2, 0.25) is 0 Å². The molecule has 600 valence electrons. The Balaban J connectivity index is 0.000000136. The van der Waals surface area contributed by atoms with E-state index in [2.05, 4.69) is 379 Å². The fraction of sp³-hybridized carbons (Fsp3) is 0. The van der Waals surface area contributed by atoms with Crippen LogP contribution in [0.2, 0.25) is 0 Å². The molecule has 129 heavy (non-hydrogen) atoms. The van der Waals surface area contributed by atoms with E-state index in [4.69, 9.17) is 33.8 Å². The van der Waals surface area contributed by atoms with Gasteiger partial charge in [-0.15, -0.1) is 11.3 Å². The maximum Gasteiger partial charge on any atom is 0.167 e. The van der Waals surface area contributed by atoms with Crippen LogP contribution in [0.15, 0.2) is 440 Å². The fourth-order valence-corrected chi connectivity index (χ4v) is 21.1. The summed E-state index contributed by atoms with van der Waals surface area (Å²) in [6, 6.07) is 153. The third-order valence-corrected chi connectivity index (χ3v) is 27.0. The van der Waals surface area contributed by atoms with Crippen molar-refractivity contribution in [3.05, 3.63) is 431 Å². The van der Waals surface area contributed by atoms with E-state index in [1.165, 1.54) is 92.3 Å². The van der Waals surface area contributed by atoms with Gasteiger partial charge < -0.3 is 18.0 Å². The van der Waals surface area contributed by atoms with E-state index in [1.54, 1.807) is 11.3 Å². The number of fused-ring (bicyclic) bond motifs is 23. The molecular weight excluding hydrogens is 1590 g/mol. The predicted molar refractivity (Wildman–Crippen MR) is 537 cm³/mol. The molecule has 7 heterocycles.